The van der Waals surface area contributed by atoms with Gasteiger partial charge in [0.25, 0.3) is 5.91 Å². The molecular formula is C25H20N2O4S. The molecule has 7 heteroatoms. The van der Waals surface area contributed by atoms with Crippen molar-refractivity contribution in [2.24, 2.45) is 0 Å². The third-order valence-electron chi connectivity index (χ3n) is 4.95. The van der Waals surface area contributed by atoms with Crippen LogP contribution in [0.4, 0.5) is 5.69 Å². The van der Waals surface area contributed by atoms with Crippen LogP contribution >= 0.6 is 0 Å². The fraction of sp³-hybridized carbons (Fsp3) is 0.0400. The SMILES string of the molecule is O=C(CNS(=O)(=O)c1ccc(NC(=O)c2ccc3ccccc3c2)cc1)c1ccccc1. The lowest BCUT2D eigenvalue weighted by Gasteiger charge is -2.09. The van der Waals surface area contributed by atoms with Crippen LogP contribution in [0.25, 0.3) is 10.8 Å². The lowest BCUT2D eigenvalue weighted by atomic mass is 10.1. The molecule has 160 valence electrons. The van der Waals surface area contributed by atoms with Gasteiger partial charge in [-0.1, -0.05) is 60.7 Å². The van der Waals surface area contributed by atoms with Crippen molar-refractivity contribution in [3.05, 3.63) is 108 Å². The maximum Gasteiger partial charge on any atom is 0.255 e. The van der Waals surface area contributed by atoms with E-state index in [2.05, 4.69) is 10.0 Å². The normalized spacial score (nSPS) is 11.2. The van der Waals surface area contributed by atoms with Crippen LogP contribution in [0, 0.1) is 0 Å². The van der Waals surface area contributed by atoms with E-state index in [1.807, 2.05) is 30.3 Å². The number of sulfonamides is 1. The Morgan fingerprint density at radius 2 is 1.34 bits per heavy atom. The van der Waals surface area contributed by atoms with Crippen molar-refractivity contribution in [1.29, 1.82) is 0 Å². The molecule has 2 N–H and O–H groups in total. The van der Waals surface area contributed by atoms with E-state index in [9.17, 15) is 18.0 Å². The van der Waals surface area contributed by atoms with Crippen molar-refractivity contribution in [2.45, 2.75) is 4.90 Å². The molecule has 0 heterocycles. The van der Waals surface area contributed by atoms with E-state index in [1.54, 1.807) is 42.5 Å². The zero-order valence-electron chi connectivity index (χ0n) is 17.0. The molecule has 0 atom stereocenters. The Kier molecular flexibility index (Phi) is 6.11. The predicted molar refractivity (Wildman–Crippen MR) is 124 cm³/mol. The van der Waals surface area contributed by atoms with Gasteiger partial charge in [0.1, 0.15) is 0 Å². The minimum Gasteiger partial charge on any atom is -0.322 e. The monoisotopic (exact) mass is 444 g/mol. The Labute approximate surface area is 186 Å². The number of hydrogen-bond acceptors (Lipinski definition) is 4. The van der Waals surface area contributed by atoms with E-state index in [0.29, 0.717) is 16.8 Å². The van der Waals surface area contributed by atoms with Crippen LogP contribution < -0.4 is 10.0 Å². The predicted octanol–water partition coefficient (Wildman–Crippen LogP) is 4.25. The number of hydrogen-bond donors (Lipinski definition) is 2. The highest BCUT2D eigenvalue weighted by Crippen LogP contribution is 2.18. The van der Waals surface area contributed by atoms with Crippen LogP contribution in [-0.4, -0.2) is 26.7 Å². The molecule has 0 saturated heterocycles. The Morgan fingerprint density at radius 3 is 2.06 bits per heavy atom. The first-order valence-electron chi connectivity index (χ1n) is 9.90. The zero-order valence-corrected chi connectivity index (χ0v) is 17.8. The van der Waals surface area contributed by atoms with Crippen LogP contribution in [0.2, 0.25) is 0 Å². The van der Waals surface area contributed by atoms with Gasteiger partial charge in [-0.3, -0.25) is 9.59 Å². The van der Waals surface area contributed by atoms with E-state index < -0.39 is 10.0 Å². The van der Waals surface area contributed by atoms with E-state index in [1.165, 1.54) is 24.3 Å². The Balaban J connectivity index is 1.41. The van der Waals surface area contributed by atoms with Gasteiger partial charge in [-0.05, 0) is 47.2 Å². The van der Waals surface area contributed by atoms with Crippen LogP contribution in [0.15, 0.2) is 102 Å². The molecule has 32 heavy (non-hydrogen) atoms. The molecule has 4 aromatic carbocycles. The second-order valence-corrected chi connectivity index (χ2v) is 8.92. The minimum absolute atomic E-state index is 0.00191. The number of anilines is 1. The summed E-state index contributed by atoms with van der Waals surface area (Å²) in [6.07, 6.45) is 0. The van der Waals surface area contributed by atoms with Crippen molar-refractivity contribution >= 4 is 38.2 Å². The van der Waals surface area contributed by atoms with Crippen molar-refractivity contribution in [1.82, 2.24) is 4.72 Å². The Morgan fingerprint density at radius 1 is 0.688 bits per heavy atom. The fourth-order valence-electron chi connectivity index (χ4n) is 3.22. The van der Waals surface area contributed by atoms with Gasteiger partial charge in [0.2, 0.25) is 10.0 Å². The van der Waals surface area contributed by atoms with Crippen molar-refractivity contribution in [3.8, 4) is 0 Å². The van der Waals surface area contributed by atoms with Crippen LogP contribution in [0.1, 0.15) is 20.7 Å². The van der Waals surface area contributed by atoms with Crippen molar-refractivity contribution in [3.63, 3.8) is 0 Å². The molecule has 4 aromatic rings. The second kappa shape index (κ2) is 9.13. The molecule has 0 fully saturated rings. The van der Waals surface area contributed by atoms with E-state index in [4.69, 9.17) is 0 Å². The molecule has 6 nitrogen and oxygen atoms in total. The van der Waals surface area contributed by atoms with Gasteiger partial charge >= 0.3 is 0 Å². The largest absolute Gasteiger partial charge is 0.322 e. The number of fused-ring (bicyclic) bond motifs is 1. The first-order chi connectivity index (χ1) is 15.4. The summed E-state index contributed by atoms with van der Waals surface area (Å²) >= 11 is 0. The average Bonchev–Trinajstić information content (AvgIpc) is 2.83. The summed E-state index contributed by atoms with van der Waals surface area (Å²) < 4.78 is 27.3. The van der Waals surface area contributed by atoms with Crippen molar-refractivity contribution < 1.29 is 18.0 Å². The lowest BCUT2D eigenvalue weighted by Crippen LogP contribution is -2.29. The molecule has 0 aliphatic heterocycles. The molecule has 0 aliphatic carbocycles. The first kappa shape index (κ1) is 21.4. The summed E-state index contributed by atoms with van der Waals surface area (Å²) in [5, 5.41) is 4.76. The minimum atomic E-state index is -3.87. The molecule has 0 radical (unpaired) electrons. The standard InChI is InChI=1S/C25H20N2O4S/c28-24(19-7-2-1-3-8-19)17-26-32(30,31)23-14-12-22(13-15-23)27-25(29)21-11-10-18-6-4-5-9-20(18)16-21/h1-16,26H,17H2,(H,27,29). The molecule has 0 aromatic heterocycles. The molecule has 1 amide bonds. The van der Waals surface area contributed by atoms with Crippen molar-refractivity contribution in [2.75, 3.05) is 11.9 Å². The quantitative estimate of drug-likeness (QED) is 0.417. The first-order valence-corrected chi connectivity index (χ1v) is 11.4. The number of benzene rings is 4. The topological polar surface area (TPSA) is 92.3 Å². The molecule has 0 aliphatic rings. The number of nitrogens with one attached hydrogen (secondary N) is 2. The number of ketones is 1. The molecular weight excluding hydrogens is 424 g/mol. The van der Waals surface area contributed by atoms with Crippen LogP contribution in [-0.2, 0) is 10.0 Å². The molecule has 0 saturated carbocycles. The highest BCUT2D eigenvalue weighted by molar-refractivity contribution is 7.89. The number of carbonyl (C=O) groups excluding carboxylic acids is 2. The molecule has 4 rings (SSSR count). The third-order valence-corrected chi connectivity index (χ3v) is 6.37. The third kappa shape index (κ3) is 4.91. The van der Waals surface area contributed by atoms with Crippen LogP contribution in [0.3, 0.4) is 0 Å². The summed E-state index contributed by atoms with van der Waals surface area (Å²) in [6.45, 7) is -0.340. The van der Waals surface area contributed by atoms with Gasteiger partial charge in [-0.25, -0.2) is 13.1 Å². The van der Waals surface area contributed by atoms with Gasteiger partial charge < -0.3 is 5.32 Å². The van der Waals surface area contributed by atoms with Crippen LogP contribution in [0.5, 0.6) is 0 Å². The molecule has 0 unspecified atom stereocenters. The summed E-state index contributed by atoms with van der Waals surface area (Å²) in [4.78, 5) is 24.7. The maximum absolute atomic E-state index is 12.6. The summed E-state index contributed by atoms with van der Waals surface area (Å²) in [7, 11) is -3.87. The highest BCUT2D eigenvalue weighted by atomic mass is 32.2. The summed E-state index contributed by atoms with van der Waals surface area (Å²) in [6, 6.07) is 27.4. The van der Waals surface area contributed by atoms with Gasteiger partial charge in [0, 0.05) is 16.8 Å². The van der Waals surface area contributed by atoms with E-state index in [0.717, 1.165) is 10.8 Å². The number of carbonyl (C=O) groups is 2. The lowest BCUT2D eigenvalue weighted by molar-refractivity contribution is 0.0994. The number of Topliss-reactive ketones (excluding diaryl/α,β-unsaturated/α-hetero) is 1. The fourth-order valence-corrected chi connectivity index (χ4v) is 4.20. The van der Waals surface area contributed by atoms with E-state index >= 15 is 0 Å². The smallest absolute Gasteiger partial charge is 0.255 e. The second-order valence-electron chi connectivity index (χ2n) is 7.15. The number of rotatable bonds is 7. The van der Waals surface area contributed by atoms with Gasteiger partial charge in [-0.2, -0.15) is 0 Å². The highest BCUT2D eigenvalue weighted by Gasteiger charge is 2.16. The summed E-state index contributed by atoms with van der Waals surface area (Å²) in [5.41, 5.74) is 1.39. The van der Waals surface area contributed by atoms with Gasteiger partial charge in [-0.15, -0.1) is 0 Å². The van der Waals surface area contributed by atoms with Gasteiger partial charge in [0.15, 0.2) is 5.78 Å². The molecule has 0 spiro atoms. The Bertz CT molecular complexity index is 1380. The number of amides is 1. The summed E-state index contributed by atoms with van der Waals surface area (Å²) in [5.74, 6) is -0.619. The van der Waals surface area contributed by atoms with Gasteiger partial charge in [0.05, 0.1) is 11.4 Å². The average molecular weight is 445 g/mol. The zero-order chi connectivity index (χ0) is 22.6. The molecule has 0 bridgehead atoms. The Hall–Kier alpha value is -3.81. The van der Waals surface area contributed by atoms with E-state index in [-0.39, 0.29) is 23.1 Å². The maximum atomic E-state index is 12.6.